The van der Waals surface area contributed by atoms with Crippen molar-refractivity contribution in [3.8, 4) is 0 Å². The zero-order valence-electron chi connectivity index (χ0n) is 15.6. The molecule has 2 fully saturated rings. The molecule has 1 saturated carbocycles. The molecule has 1 aliphatic heterocycles. The van der Waals surface area contributed by atoms with Crippen molar-refractivity contribution in [2.45, 2.75) is 50.5 Å². The first-order valence-electron chi connectivity index (χ1n) is 9.74. The maximum absolute atomic E-state index is 12.8. The minimum Gasteiger partial charge on any atom is -0.330 e. The number of hydrogen-bond donors (Lipinski definition) is 2. The van der Waals surface area contributed by atoms with Crippen molar-refractivity contribution in [1.82, 2.24) is 14.5 Å². The molecule has 2 amide bonds. The summed E-state index contributed by atoms with van der Waals surface area (Å²) >= 11 is 0. The van der Waals surface area contributed by atoms with E-state index in [1.165, 1.54) is 10.1 Å². The van der Waals surface area contributed by atoms with E-state index < -0.39 is 11.9 Å². The highest BCUT2D eigenvalue weighted by molar-refractivity contribution is 6.00. The number of carbonyl (C=O) groups excluding carboxylic acids is 2. The van der Waals surface area contributed by atoms with Crippen LogP contribution in [0.1, 0.15) is 56.0 Å². The van der Waals surface area contributed by atoms with Crippen molar-refractivity contribution in [2.75, 3.05) is 6.54 Å². The van der Waals surface area contributed by atoms with Crippen LogP contribution in [0.25, 0.3) is 11.0 Å². The van der Waals surface area contributed by atoms with Crippen LogP contribution in [0.3, 0.4) is 0 Å². The Morgan fingerprint density at radius 3 is 2.48 bits per heavy atom. The molecule has 2 aliphatic rings. The molecule has 7 nitrogen and oxygen atoms in total. The van der Waals surface area contributed by atoms with Gasteiger partial charge in [0, 0.05) is 13.5 Å². The summed E-state index contributed by atoms with van der Waals surface area (Å²) in [6.07, 6.45) is 5.14. The van der Waals surface area contributed by atoms with E-state index in [1.54, 1.807) is 11.6 Å². The lowest BCUT2D eigenvalue weighted by Crippen LogP contribution is -2.44. The third-order valence-electron chi connectivity index (χ3n) is 6.29. The molecule has 4 rings (SSSR count). The number of imidazole rings is 1. The van der Waals surface area contributed by atoms with Gasteiger partial charge in [-0.3, -0.25) is 24.0 Å². The number of nitrogens with zero attached hydrogens (tertiary/aromatic N) is 2. The molecular formula is C20H26N4O3. The zero-order valence-corrected chi connectivity index (χ0v) is 15.6. The Bertz CT molecular complexity index is 950. The summed E-state index contributed by atoms with van der Waals surface area (Å²) in [5.41, 5.74) is 8.41. The van der Waals surface area contributed by atoms with Crippen molar-refractivity contribution >= 4 is 22.8 Å². The quantitative estimate of drug-likeness (QED) is 0.801. The summed E-state index contributed by atoms with van der Waals surface area (Å²) in [6.45, 7) is 0.759. The summed E-state index contributed by atoms with van der Waals surface area (Å²) in [4.78, 5) is 36.5. The Hall–Kier alpha value is -2.41. The van der Waals surface area contributed by atoms with Gasteiger partial charge in [-0.1, -0.05) is 6.07 Å². The van der Waals surface area contributed by atoms with Crippen LogP contribution < -0.4 is 16.7 Å². The number of aryl methyl sites for hydroxylation is 1. The number of nitrogens with two attached hydrogens (primary N) is 1. The molecular weight excluding hydrogens is 344 g/mol. The van der Waals surface area contributed by atoms with Crippen LogP contribution in [0, 0.1) is 5.92 Å². The largest absolute Gasteiger partial charge is 0.330 e. The number of imide groups is 1. The van der Waals surface area contributed by atoms with Gasteiger partial charge in [0.1, 0.15) is 6.04 Å². The maximum Gasteiger partial charge on any atom is 0.329 e. The van der Waals surface area contributed by atoms with Gasteiger partial charge in [-0.05, 0) is 68.2 Å². The van der Waals surface area contributed by atoms with Crippen LogP contribution in [0.4, 0.5) is 0 Å². The van der Waals surface area contributed by atoms with Gasteiger partial charge in [-0.25, -0.2) is 4.79 Å². The summed E-state index contributed by atoms with van der Waals surface area (Å²) in [6, 6.07) is 5.49. The Kier molecular flexibility index (Phi) is 4.63. The molecule has 1 aromatic heterocycles. The van der Waals surface area contributed by atoms with Gasteiger partial charge in [0.25, 0.3) is 0 Å². The van der Waals surface area contributed by atoms with Crippen molar-refractivity contribution in [3.63, 3.8) is 0 Å². The number of aromatic nitrogens is 2. The number of benzene rings is 1. The van der Waals surface area contributed by atoms with Crippen LogP contribution >= 0.6 is 0 Å². The van der Waals surface area contributed by atoms with E-state index in [4.69, 9.17) is 5.73 Å². The molecule has 1 saturated heterocycles. The summed E-state index contributed by atoms with van der Waals surface area (Å²) < 4.78 is 3.14. The minimum atomic E-state index is -0.634. The van der Waals surface area contributed by atoms with Gasteiger partial charge in [-0.15, -0.1) is 0 Å². The Morgan fingerprint density at radius 2 is 1.81 bits per heavy atom. The van der Waals surface area contributed by atoms with Crippen LogP contribution in [0.15, 0.2) is 23.0 Å². The van der Waals surface area contributed by atoms with Gasteiger partial charge in [0.2, 0.25) is 11.8 Å². The van der Waals surface area contributed by atoms with Gasteiger partial charge < -0.3 is 5.73 Å². The highest BCUT2D eigenvalue weighted by atomic mass is 16.2. The minimum absolute atomic E-state index is 0.219. The molecule has 3 N–H and O–H groups in total. The number of fused-ring (bicyclic) bond motifs is 1. The Morgan fingerprint density at radius 1 is 1.07 bits per heavy atom. The van der Waals surface area contributed by atoms with Crippen molar-refractivity contribution < 1.29 is 9.59 Å². The number of carbonyl (C=O) groups is 2. The van der Waals surface area contributed by atoms with E-state index in [2.05, 4.69) is 17.4 Å². The molecule has 0 radical (unpaired) electrons. The van der Waals surface area contributed by atoms with E-state index in [9.17, 15) is 14.4 Å². The van der Waals surface area contributed by atoms with E-state index in [0.29, 0.717) is 18.3 Å². The van der Waals surface area contributed by atoms with Gasteiger partial charge in [0.15, 0.2) is 0 Å². The highest BCUT2D eigenvalue weighted by Crippen LogP contribution is 2.36. The van der Waals surface area contributed by atoms with E-state index >= 15 is 0 Å². The lowest BCUT2D eigenvalue weighted by Gasteiger charge is -2.28. The molecule has 27 heavy (non-hydrogen) atoms. The second-order valence-corrected chi connectivity index (χ2v) is 7.88. The molecule has 0 bridgehead atoms. The van der Waals surface area contributed by atoms with E-state index in [0.717, 1.165) is 43.3 Å². The first-order chi connectivity index (χ1) is 13.0. The van der Waals surface area contributed by atoms with Gasteiger partial charge >= 0.3 is 5.69 Å². The number of hydrogen-bond acceptors (Lipinski definition) is 4. The fraction of sp³-hybridized carbons (Fsp3) is 0.550. The van der Waals surface area contributed by atoms with Crippen LogP contribution in [0.5, 0.6) is 0 Å². The zero-order chi connectivity index (χ0) is 19.1. The SMILES string of the molecule is Cn1c(=O)n(C2CCC(=O)NC2=O)c2ccc([C@H]3CC[C@H](CN)CC3)cc21. The lowest BCUT2D eigenvalue weighted by molar-refractivity contribution is -0.135. The van der Waals surface area contributed by atoms with Gasteiger partial charge in [0.05, 0.1) is 11.0 Å². The first kappa shape index (κ1) is 18.0. The molecule has 144 valence electrons. The number of rotatable bonds is 3. The smallest absolute Gasteiger partial charge is 0.329 e. The molecule has 1 atom stereocenters. The molecule has 1 unspecified atom stereocenters. The lowest BCUT2D eigenvalue weighted by atomic mass is 9.79. The standard InChI is InChI=1S/C20H26N4O3/c1-23-17-10-14(13-4-2-12(11-21)3-5-13)6-7-15(17)24(20(23)27)16-8-9-18(25)22-19(16)26/h6-7,10,12-13,16H,2-5,8-9,11,21H2,1H3,(H,22,25,26)/t12-,13-,16?. The molecule has 0 spiro atoms. The van der Waals surface area contributed by atoms with Crippen LogP contribution in [-0.4, -0.2) is 27.5 Å². The predicted molar refractivity (Wildman–Crippen MR) is 102 cm³/mol. The third-order valence-corrected chi connectivity index (χ3v) is 6.29. The monoisotopic (exact) mass is 370 g/mol. The van der Waals surface area contributed by atoms with Crippen molar-refractivity contribution in [3.05, 3.63) is 34.2 Å². The molecule has 1 aromatic carbocycles. The van der Waals surface area contributed by atoms with E-state index in [-0.39, 0.29) is 18.0 Å². The fourth-order valence-corrected chi connectivity index (χ4v) is 4.60. The normalized spacial score (nSPS) is 26.4. The number of nitrogens with one attached hydrogen (secondary N) is 1. The fourth-order valence-electron chi connectivity index (χ4n) is 4.60. The summed E-state index contributed by atoms with van der Waals surface area (Å²) in [5, 5.41) is 2.34. The van der Waals surface area contributed by atoms with E-state index in [1.807, 2.05) is 6.07 Å². The Labute approximate surface area is 157 Å². The second kappa shape index (κ2) is 6.96. The maximum atomic E-state index is 12.8. The molecule has 7 heteroatoms. The molecule has 2 heterocycles. The first-order valence-corrected chi connectivity index (χ1v) is 9.74. The van der Waals surface area contributed by atoms with Gasteiger partial charge in [-0.2, -0.15) is 0 Å². The van der Waals surface area contributed by atoms with Crippen molar-refractivity contribution in [2.24, 2.45) is 18.7 Å². The average molecular weight is 370 g/mol. The average Bonchev–Trinajstić information content (AvgIpc) is 2.92. The number of amides is 2. The number of piperidine rings is 1. The molecule has 1 aliphatic carbocycles. The summed E-state index contributed by atoms with van der Waals surface area (Å²) in [5.74, 6) is 0.444. The predicted octanol–water partition coefficient (Wildman–Crippen LogP) is 1.55. The topological polar surface area (TPSA) is 99.1 Å². The highest BCUT2D eigenvalue weighted by Gasteiger charge is 2.31. The third kappa shape index (κ3) is 3.10. The van der Waals surface area contributed by atoms with Crippen LogP contribution in [-0.2, 0) is 16.6 Å². The van der Waals surface area contributed by atoms with Crippen molar-refractivity contribution in [1.29, 1.82) is 0 Å². The second-order valence-electron chi connectivity index (χ2n) is 7.88. The summed E-state index contributed by atoms with van der Waals surface area (Å²) in [7, 11) is 1.74. The Balaban J connectivity index is 1.70. The van der Waals surface area contributed by atoms with Crippen LogP contribution in [0.2, 0.25) is 0 Å². The molecule has 2 aromatic rings.